The van der Waals surface area contributed by atoms with E-state index in [0.29, 0.717) is 0 Å². The Hall–Kier alpha value is -3.44. The average Bonchev–Trinajstić information content (AvgIpc) is 2.78. The molecule has 5 atom stereocenters. The molecule has 15 heteroatoms. The van der Waals surface area contributed by atoms with Crippen LogP contribution in [0.5, 0.6) is 23.0 Å². The molecule has 0 amide bonds. The number of aromatic hydroxyl groups is 4. The Bertz CT molecular complexity index is 1480. The van der Waals surface area contributed by atoms with E-state index in [1.807, 2.05) is 0 Å². The van der Waals surface area contributed by atoms with Crippen molar-refractivity contribution in [3.8, 4) is 34.3 Å². The smallest absolute Gasteiger partial charge is 0.397 e. The molecule has 0 spiro atoms. The van der Waals surface area contributed by atoms with Crippen molar-refractivity contribution >= 4 is 21.4 Å². The number of hydrogen-bond donors (Lipinski definition) is 8. The third kappa shape index (κ3) is 4.68. The second kappa shape index (κ2) is 9.21. The number of benzene rings is 2. The molecule has 36 heavy (non-hydrogen) atoms. The molecule has 0 bridgehead atoms. The standard InChI is InChI=1S/C21H20O14S/c22-8-2-1-7(3-9(8)23)12-4-10(24)15-13(34-12)5-11(25)16(18(15)27)21-20(29)19(28)17(26)14(35-21)6-33-36(30,31)32/h1-5,14,17,19-23,25-29H,6H2,(H,30,31,32). The third-order valence-electron chi connectivity index (χ3n) is 5.65. The van der Waals surface area contributed by atoms with Gasteiger partial charge in [0.1, 0.15) is 58.7 Å². The summed E-state index contributed by atoms with van der Waals surface area (Å²) >= 11 is 0. The number of hydrogen-bond acceptors (Lipinski definition) is 13. The van der Waals surface area contributed by atoms with Crippen LogP contribution in [0.1, 0.15) is 11.7 Å². The van der Waals surface area contributed by atoms with Crippen molar-refractivity contribution in [3.63, 3.8) is 0 Å². The molecule has 2 heterocycles. The SMILES string of the molecule is O=c1cc(-c2ccc(O)c(O)c2)oc2cc(O)c(C3OC(COS(=O)(=O)O)C(O)C(O)C3O)c(O)c12. The van der Waals surface area contributed by atoms with Gasteiger partial charge in [-0.2, -0.15) is 8.42 Å². The highest BCUT2D eigenvalue weighted by Gasteiger charge is 2.46. The van der Waals surface area contributed by atoms with Crippen LogP contribution in [0, 0.1) is 0 Å². The van der Waals surface area contributed by atoms with Crippen LogP contribution in [0.15, 0.2) is 39.5 Å². The lowest BCUT2D eigenvalue weighted by Gasteiger charge is -2.40. The van der Waals surface area contributed by atoms with E-state index in [1.54, 1.807) is 0 Å². The summed E-state index contributed by atoms with van der Waals surface area (Å²) in [6, 6.07) is 5.46. The van der Waals surface area contributed by atoms with Gasteiger partial charge in [0.25, 0.3) is 0 Å². The van der Waals surface area contributed by atoms with Crippen LogP contribution >= 0.6 is 0 Å². The topological polar surface area (TPSA) is 245 Å². The van der Waals surface area contributed by atoms with E-state index in [-0.39, 0.29) is 16.9 Å². The van der Waals surface area contributed by atoms with Gasteiger partial charge in [-0.05, 0) is 18.2 Å². The van der Waals surface area contributed by atoms with Crippen LogP contribution in [-0.2, 0) is 19.3 Å². The lowest BCUT2D eigenvalue weighted by molar-refractivity contribution is -0.230. The zero-order valence-electron chi connectivity index (χ0n) is 17.9. The minimum Gasteiger partial charge on any atom is -0.507 e. The van der Waals surface area contributed by atoms with Crippen molar-refractivity contribution < 1.29 is 62.1 Å². The number of fused-ring (bicyclic) bond motifs is 1. The highest BCUT2D eigenvalue weighted by molar-refractivity contribution is 7.80. The predicted molar refractivity (Wildman–Crippen MR) is 118 cm³/mol. The minimum atomic E-state index is -4.96. The summed E-state index contributed by atoms with van der Waals surface area (Å²) in [5.41, 5.74) is -1.55. The fraction of sp³-hybridized carbons (Fsp3) is 0.286. The summed E-state index contributed by atoms with van der Waals surface area (Å²) in [6.07, 6.45) is -9.30. The van der Waals surface area contributed by atoms with Gasteiger partial charge in [0.15, 0.2) is 16.9 Å². The quantitative estimate of drug-likeness (QED) is 0.155. The molecule has 5 unspecified atom stereocenters. The Balaban J connectivity index is 1.79. The molecule has 1 saturated heterocycles. The van der Waals surface area contributed by atoms with Crippen LogP contribution in [0.3, 0.4) is 0 Å². The molecule has 1 aliphatic rings. The van der Waals surface area contributed by atoms with Crippen molar-refractivity contribution in [2.75, 3.05) is 6.61 Å². The average molecular weight is 528 g/mol. The molecule has 0 aliphatic carbocycles. The predicted octanol–water partition coefficient (Wildman–Crippen LogP) is -0.376. The summed E-state index contributed by atoms with van der Waals surface area (Å²) in [7, 11) is -4.96. The number of phenolic OH excluding ortho intramolecular Hbond substituents is 4. The molecule has 2 aromatic carbocycles. The number of rotatable bonds is 5. The Morgan fingerprint density at radius 2 is 1.58 bits per heavy atom. The van der Waals surface area contributed by atoms with Gasteiger partial charge in [-0.25, -0.2) is 4.18 Å². The van der Waals surface area contributed by atoms with E-state index in [1.165, 1.54) is 6.07 Å². The van der Waals surface area contributed by atoms with Gasteiger partial charge < -0.3 is 44.9 Å². The zero-order valence-corrected chi connectivity index (χ0v) is 18.7. The second-order valence-electron chi connectivity index (χ2n) is 7.99. The molecule has 1 aromatic heterocycles. The maximum absolute atomic E-state index is 12.8. The fourth-order valence-corrected chi connectivity index (χ4v) is 4.19. The largest absolute Gasteiger partial charge is 0.507 e. The van der Waals surface area contributed by atoms with Crippen molar-refractivity contribution in [1.82, 2.24) is 0 Å². The van der Waals surface area contributed by atoms with Crippen LogP contribution in [-0.4, -0.2) is 79.7 Å². The molecule has 3 aromatic rings. The lowest BCUT2D eigenvalue weighted by atomic mass is 9.89. The van der Waals surface area contributed by atoms with Crippen LogP contribution in [0.4, 0.5) is 0 Å². The van der Waals surface area contributed by atoms with Gasteiger partial charge >= 0.3 is 10.4 Å². The van der Waals surface area contributed by atoms with E-state index >= 15 is 0 Å². The monoisotopic (exact) mass is 528 g/mol. The molecule has 1 aliphatic heterocycles. The maximum atomic E-state index is 12.8. The van der Waals surface area contributed by atoms with Crippen molar-refractivity contribution in [2.45, 2.75) is 30.5 Å². The Labute approximate surface area is 201 Å². The molecule has 194 valence electrons. The minimum absolute atomic E-state index is 0.0933. The number of aliphatic hydroxyl groups excluding tert-OH is 3. The zero-order chi connectivity index (χ0) is 26.5. The summed E-state index contributed by atoms with van der Waals surface area (Å²) in [6.45, 7) is -1.000. The molecule has 8 N–H and O–H groups in total. The Morgan fingerprint density at radius 1 is 0.889 bits per heavy atom. The van der Waals surface area contributed by atoms with Gasteiger partial charge in [0.2, 0.25) is 0 Å². The first kappa shape index (κ1) is 25.6. The highest BCUT2D eigenvalue weighted by Crippen LogP contribution is 2.45. The van der Waals surface area contributed by atoms with Crippen LogP contribution in [0.2, 0.25) is 0 Å². The normalized spacial score (nSPS) is 24.7. The summed E-state index contributed by atoms with van der Waals surface area (Å²) in [5, 5.41) is 70.8. The van der Waals surface area contributed by atoms with E-state index < -0.39 is 86.9 Å². The Morgan fingerprint density at radius 3 is 2.22 bits per heavy atom. The number of aliphatic hydroxyl groups is 3. The fourth-order valence-electron chi connectivity index (χ4n) is 3.88. The van der Waals surface area contributed by atoms with Crippen molar-refractivity contribution in [3.05, 3.63) is 46.1 Å². The molecular formula is C21H20O14S. The maximum Gasteiger partial charge on any atom is 0.397 e. The Kier molecular flexibility index (Phi) is 6.56. The van der Waals surface area contributed by atoms with Gasteiger partial charge in [0.05, 0.1) is 12.2 Å². The molecule has 4 rings (SSSR count). The van der Waals surface area contributed by atoms with E-state index in [2.05, 4.69) is 4.18 Å². The van der Waals surface area contributed by atoms with Gasteiger partial charge in [0, 0.05) is 17.7 Å². The van der Waals surface area contributed by atoms with Gasteiger partial charge in [-0.15, -0.1) is 0 Å². The van der Waals surface area contributed by atoms with E-state index in [0.717, 1.165) is 24.3 Å². The first-order chi connectivity index (χ1) is 16.8. The van der Waals surface area contributed by atoms with Crippen molar-refractivity contribution in [2.24, 2.45) is 0 Å². The highest BCUT2D eigenvalue weighted by atomic mass is 32.3. The van der Waals surface area contributed by atoms with Crippen molar-refractivity contribution in [1.29, 1.82) is 0 Å². The van der Waals surface area contributed by atoms with Crippen LogP contribution < -0.4 is 5.43 Å². The molecule has 0 radical (unpaired) electrons. The third-order valence-corrected chi connectivity index (χ3v) is 6.08. The summed E-state index contributed by atoms with van der Waals surface area (Å²) in [5.74, 6) is -2.67. The van der Waals surface area contributed by atoms with Crippen LogP contribution in [0.25, 0.3) is 22.3 Å². The summed E-state index contributed by atoms with van der Waals surface area (Å²) in [4.78, 5) is 12.8. The lowest BCUT2D eigenvalue weighted by Crippen LogP contribution is -2.55. The van der Waals surface area contributed by atoms with Gasteiger partial charge in [-0.3, -0.25) is 9.35 Å². The molecule has 1 fully saturated rings. The number of phenols is 4. The molecule has 14 nitrogen and oxygen atoms in total. The molecule has 0 saturated carbocycles. The number of ether oxygens (including phenoxy) is 1. The van der Waals surface area contributed by atoms with E-state index in [4.69, 9.17) is 13.7 Å². The second-order valence-corrected chi connectivity index (χ2v) is 9.08. The van der Waals surface area contributed by atoms with Gasteiger partial charge in [-0.1, -0.05) is 0 Å². The molecular weight excluding hydrogens is 508 g/mol. The first-order valence-electron chi connectivity index (χ1n) is 10.1. The van der Waals surface area contributed by atoms with E-state index in [9.17, 15) is 49.0 Å². The first-order valence-corrected chi connectivity index (χ1v) is 11.5. The summed E-state index contributed by atoms with van der Waals surface area (Å²) < 4.78 is 45.6.